The lowest BCUT2D eigenvalue weighted by Gasteiger charge is -2.18. The van der Waals surface area contributed by atoms with Gasteiger partial charge in [-0.15, -0.1) is 0 Å². The first-order valence-electron chi connectivity index (χ1n) is 14.3. The van der Waals surface area contributed by atoms with E-state index in [1.165, 1.54) is 4.90 Å². The molecule has 2 heterocycles. The Balaban J connectivity index is 1.15. The Hall–Kier alpha value is -4.95. The molecule has 0 aliphatic carbocycles. The average molecular weight is 637 g/mol. The van der Waals surface area contributed by atoms with E-state index in [1.54, 1.807) is 55.5 Å². The summed E-state index contributed by atoms with van der Waals surface area (Å²) in [6.07, 6.45) is -0.560. The molecule has 1 aliphatic heterocycles. The van der Waals surface area contributed by atoms with Crippen molar-refractivity contribution in [1.29, 1.82) is 0 Å². The molecule has 236 valence electrons. The molecule has 14 heteroatoms. The monoisotopic (exact) mass is 636 g/mol. The maximum absolute atomic E-state index is 12.9. The molecule has 1 saturated heterocycles. The van der Waals surface area contributed by atoms with Crippen molar-refractivity contribution in [2.24, 2.45) is 0 Å². The number of ether oxygens (including phenoxy) is 3. The van der Waals surface area contributed by atoms with Crippen LogP contribution in [-0.2, 0) is 37.3 Å². The van der Waals surface area contributed by atoms with E-state index in [-0.39, 0.29) is 37.8 Å². The third-order valence-electron chi connectivity index (χ3n) is 6.87. The summed E-state index contributed by atoms with van der Waals surface area (Å²) in [5, 5.41) is 3.65. The van der Waals surface area contributed by atoms with Gasteiger partial charge in [-0.2, -0.15) is 0 Å². The van der Waals surface area contributed by atoms with E-state index in [0.717, 1.165) is 5.56 Å². The molecule has 3 aromatic carbocycles. The van der Waals surface area contributed by atoms with E-state index in [0.29, 0.717) is 29.0 Å². The lowest BCUT2D eigenvalue weighted by Crippen LogP contribution is -2.44. The standard InChI is InChI=1S/C31H32N4O9S/c1-2-16-45(39,40)34-27(29(36)42-19-22-6-4-3-5-7-22)17-21-8-14-25(15-9-21)41-20-26-18-35(31(38)43-26)24-12-10-23(11-13-24)28-32-30(37)44-33-28/h3-15,26-27,34H,2,16-20H2,1H3,(H,32,33,37). The Morgan fingerprint density at radius 1 is 1.04 bits per heavy atom. The van der Waals surface area contributed by atoms with Crippen LogP contribution in [0, 0.1) is 0 Å². The minimum absolute atomic E-state index is 0.0256. The second kappa shape index (κ2) is 14.2. The molecule has 1 fully saturated rings. The van der Waals surface area contributed by atoms with E-state index in [2.05, 4.69) is 19.4 Å². The number of anilines is 1. The van der Waals surface area contributed by atoms with Crippen LogP contribution in [-0.4, -0.2) is 61.7 Å². The van der Waals surface area contributed by atoms with Crippen molar-refractivity contribution in [3.8, 4) is 17.1 Å². The Morgan fingerprint density at radius 2 is 1.78 bits per heavy atom. The molecule has 0 bridgehead atoms. The van der Waals surface area contributed by atoms with Crippen LogP contribution in [0.2, 0.25) is 0 Å². The summed E-state index contributed by atoms with van der Waals surface area (Å²) in [5.41, 5.74) is 2.71. The molecule has 0 saturated carbocycles. The first-order chi connectivity index (χ1) is 21.7. The van der Waals surface area contributed by atoms with Crippen LogP contribution in [0.1, 0.15) is 24.5 Å². The van der Waals surface area contributed by atoms with Crippen molar-refractivity contribution >= 4 is 27.8 Å². The topological polar surface area (TPSA) is 170 Å². The van der Waals surface area contributed by atoms with Crippen molar-refractivity contribution in [2.45, 2.75) is 38.5 Å². The number of carbonyl (C=O) groups is 2. The number of amides is 1. The van der Waals surface area contributed by atoms with E-state index in [4.69, 9.17) is 14.2 Å². The second-order valence-electron chi connectivity index (χ2n) is 10.3. The highest BCUT2D eigenvalue weighted by atomic mass is 32.2. The summed E-state index contributed by atoms with van der Waals surface area (Å²) in [6, 6.07) is 21.7. The maximum Gasteiger partial charge on any atom is 0.439 e. The second-order valence-corrected chi connectivity index (χ2v) is 12.2. The lowest BCUT2D eigenvalue weighted by atomic mass is 10.1. The summed E-state index contributed by atoms with van der Waals surface area (Å²) in [6.45, 7) is 2.14. The minimum atomic E-state index is -3.69. The van der Waals surface area contributed by atoms with Gasteiger partial charge in [-0.05, 0) is 60.4 Å². The first kappa shape index (κ1) is 31.5. The van der Waals surface area contributed by atoms with Gasteiger partial charge in [0, 0.05) is 11.3 Å². The zero-order valence-corrected chi connectivity index (χ0v) is 25.2. The number of H-pyrrole nitrogens is 1. The fourth-order valence-corrected chi connectivity index (χ4v) is 5.93. The van der Waals surface area contributed by atoms with E-state index in [1.807, 2.05) is 30.3 Å². The van der Waals surface area contributed by atoms with Crippen molar-refractivity contribution in [2.75, 3.05) is 23.8 Å². The van der Waals surface area contributed by atoms with Gasteiger partial charge in [-0.1, -0.05) is 54.5 Å². The van der Waals surface area contributed by atoms with Crippen molar-refractivity contribution < 1.29 is 36.7 Å². The van der Waals surface area contributed by atoms with Gasteiger partial charge in [0.25, 0.3) is 0 Å². The van der Waals surface area contributed by atoms with Crippen LogP contribution in [0.3, 0.4) is 0 Å². The van der Waals surface area contributed by atoms with Crippen molar-refractivity contribution in [3.05, 3.63) is 101 Å². The third-order valence-corrected chi connectivity index (χ3v) is 8.46. The third kappa shape index (κ3) is 8.58. The lowest BCUT2D eigenvalue weighted by molar-refractivity contribution is -0.147. The van der Waals surface area contributed by atoms with Gasteiger partial charge in [-0.25, -0.2) is 22.7 Å². The summed E-state index contributed by atoms with van der Waals surface area (Å²) in [7, 11) is -3.69. The van der Waals surface area contributed by atoms with Crippen molar-refractivity contribution in [3.63, 3.8) is 0 Å². The number of nitrogens with one attached hydrogen (secondary N) is 2. The molecule has 2 atom stereocenters. The van der Waals surface area contributed by atoms with Gasteiger partial charge < -0.3 is 14.2 Å². The fraction of sp³-hybridized carbons (Fsp3) is 0.290. The smallest absolute Gasteiger partial charge is 0.439 e. The first-order valence-corrected chi connectivity index (χ1v) is 15.9. The van der Waals surface area contributed by atoms with Gasteiger partial charge in [0.05, 0.1) is 12.3 Å². The number of sulfonamides is 1. The van der Waals surface area contributed by atoms with Crippen LogP contribution >= 0.6 is 0 Å². The highest BCUT2D eigenvalue weighted by Crippen LogP contribution is 2.25. The number of aromatic nitrogens is 2. The fourth-order valence-electron chi connectivity index (χ4n) is 4.67. The summed E-state index contributed by atoms with van der Waals surface area (Å²) in [5.74, 6) is -0.651. The molecule has 0 radical (unpaired) electrons. The predicted octanol–water partition coefficient (Wildman–Crippen LogP) is 3.42. The summed E-state index contributed by atoms with van der Waals surface area (Å²) >= 11 is 0. The Labute approximate surface area is 259 Å². The Kier molecular flexibility index (Phi) is 9.95. The van der Waals surface area contributed by atoms with Crippen LogP contribution in [0.25, 0.3) is 11.4 Å². The predicted molar refractivity (Wildman–Crippen MR) is 163 cm³/mol. The minimum Gasteiger partial charge on any atom is -0.490 e. The Bertz CT molecular complexity index is 1760. The zero-order chi connectivity index (χ0) is 31.8. The number of nitrogens with zero attached hydrogens (tertiary/aromatic N) is 2. The maximum atomic E-state index is 12.9. The Morgan fingerprint density at radius 3 is 2.44 bits per heavy atom. The molecule has 2 unspecified atom stereocenters. The highest BCUT2D eigenvalue weighted by Gasteiger charge is 2.33. The number of esters is 1. The van der Waals surface area contributed by atoms with Crippen LogP contribution < -0.4 is 20.1 Å². The van der Waals surface area contributed by atoms with Gasteiger partial charge in [0.15, 0.2) is 11.9 Å². The molecule has 45 heavy (non-hydrogen) atoms. The molecule has 2 N–H and O–H groups in total. The number of carbonyl (C=O) groups excluding carboxylic acids is 2. The SMILES string of the molecule is CCCS(=O)(=O)NC(Cc1ccc(OCC2CN(c3ccc(-c4noc(=O)[nH]4)cc3)C(=O)O2)cc1)C(=O)OCc1ccccc1. The molecule has 1 aliphatic rings. The van der Waals surface area contributed by atoms with E-state index in [9.17, 15) is 22.8 Å². The summed E-state index contributed by atoms with van der Waals surface area (Å²) in [4.78, 5) is 40.6. The molecular formula is C31H32N4O9S. The summed E-state index contributed by atoms with van der Waals surface area (Å²) < 4.78 is 48.7. The number of aromatic amines is 1. The van der Waals surface area contributed by atoms with Gasteiger partial charge in [0.1, 0.15) is 25.0 Å². The quantitative estimate of drug-likeness (QED) is 0.196. The zero-order valence-electron chi connectivity index (χ0n) is 24.4. The molecular weight excluding hydrogens is 604 g/mol. The normalized spacial score (nSPS) is 15.4. The van der Waals surface area contributed by atoms with Gasteiger partial charge >= 0.3 is 17.8 Å². The van der Waals surface area contributed by atoms with E-state index >= 15 is 0 Å². The largest absolute Gasteiger partial charge is 0.490 e. The molecule has 4 aromatic rings. The van der Waals surface area contributed by atoms with Crippen LogP contribution in [0.15, 0.2) is 88.2 Å². The number of benzene rings is 3. The van der Waals surface area contributed by atoms with Gasteiger partial charge in [-0.3, -0.25) is 19.2 Å². The average Bonchev–Trinajstić information content (AvgIpc) is 3.64. The number of hydrogen-bond donors (Lipinski definition) is 2. The molecule has 1 amide bonds. The molecule has 13 nitrogen and oxygen atoms in total. The number of hydrogen-bond acceptors (Lipinski definition) is 10. The van der Waals surface area contributed by atoms with Crippen LogP contribution in [0.5, 0.6) is 5.75 Å². The molecule has 0 spiro atoms. The van der Waals surface area contributed by atoms with E-state index < -0.39 is 40.0 Å². The van der Waals surface area contributed by atoms with Gasteiger partial charge in [0.2, 0.25) is 10.0 Å². The highest BCUT2D eigenvalue weighted by molar-refractivity contribution is 7.89. The molecule has 1 aromatic heterocycles. The van der Waals surface area contributed by atoms with Crippen molar-refractivity contribution in [1.82, 2.24) is 14.9 Å². The molecule has 5 rings (SSSR count). The number of rotatable bonds is 14. The van der Waals surface area contributed by atoms with Crippen LogP contribution in [0.4, 0.5) is 10.5 Å². The number of cyclic esters (lactones) is 1.